The van der Waals surface area contributed by atoms with Crippen molar-refractivity contribution in [2.75, 3.05) is 18.1 Å². The molecular formula is C22H21N3O5S2. The first kappa shape index (κ1) is 23.3. The number of amides is 1. The van der Waals surface area contributed by atoms with Gasteiger partial charge in [-0.1, -0.05) is 42.5 Å². The molecular weight excluding hydrogens is 450 g/mol. The third-order valence-corrected chi connectivity index (χ3v) is 6.38. The van der Waals surface area contributed by atoms with E-state index in [1.54, 1.807) is 13.0 Å². The van der Waals surface area contributed by atoms with E-state index in [1.807, 2.05) is 35.7 Å². The van der Waals surface area contributed by atoms with E-state index in [2.05, 4.69) is 11.6 Å². The zero-order valence-corrected chi connectivity index (χ0v) is 18.9. The summed E-state index contributed by atoms with van der Waals surface area (Å²) >= 11 is 1.28. The molecule has 32 heavy (non-hydrogen) atoms. The summed E-state index contributed by atoms with van der Waals surface area (Å²) in [5.74, 6) is -1.34. The number of hydrogen-bond acceptors (Lipinski definition) is 7. The number of nitrogens with two attached hydrogens (primary N) is 1. The molecule has 0 unspecified atom stereocenters. The summed E-state index contributed by atoms with van der Waals surface area (Å²) in [6, 6.07) is 13.5. The maximum Gasteiger partial charge on any atom is 0.338 e. The van der Waals surface area contributed by atoms with Gasteiger partial charge in [0.1, 0.15) is 0 Å². The van der Waals surface area contributed by atoms with Crippen LogP contribution in [0.2, 0.25) is 0 Å². The van der Waals surface area contributed by atoms with Gasteiger partial charge >= 0.3 is 5.97 Å². The molecule has 0 saturated carbocycles. The van der Waals surface area contributed by atoms with Crippen molar-refractivity contribution in [2.24, 2.45) is 5.14 Å². The Hall–Kier alpha value is -3.34. The maximum atomic E-state index is 12.7. The van der Waals surface area contributed by atoms with Gasteiger partial charge in [-0.05, 0) is 24.6 Å². The molecule has 0 atom stereocenters. The third kappa shape index (κ3) is 5.47. The molecule has 3 rings (SSSR count). The van der Waals surface area contributed by atoms with Gasteiger partial charge in [-0.15, -0.1) is 17.9 Å². The maximum absolute atomic E-state index is 12.7. The first-order chi connectivity index (χ1) is 15.2. The predicted molar refractivity (Wildman–Crippen MR) is 123 cm³/mol. The van der Waals surface area contributed by atoms with Crippen LogP contribution in [0.4, 0.5) is 5.13 Å². The minimum Gasteiger partial charge on any atom is -0.452 e. The summed E-state index contributed by atoms with van der Waals surface area (Å²) in [4.78, 5) is 30.8. The van der Waals surface area contributed by atoms with Crippen molar-refractivity contribution in [2.45, 2.75) is 11.8 Å². The van der Waals surface area contributed by atoms with Crippen LogP contribution in [0.3, 0.4) is 0 Å². The van der Waals surface area contributed by atoms with Gasteiger partial charge in [0, 0.05) is 17.5 Å². The van der Waals surface area contributed by atoms with Gasteiger partial charge in [-0.3, -0.25) is 9.69 Å². The van der Waals surface area contributed by atoms with Crippen LogP contribution >= 0.6 is 11.3 Å². The molecule has 2 aromatic carbocycles. The second-order valence-electron chi connectivity index (χ2n) is 6.78. The normalized spacial score (nSPS) is 11.1. The number of thiazole rings is 1. The predicted octanol–water partition coefficient (Wildman–Crippen LogP) is 3.14. The molecule has 166 valence electrons. The van der Waals surface area contributed by atoms with Gasteiger partial charge in [-0.2, -0.15) is 0 Å². The molecule has 1 amide bonds. The number of ether oxygens (including phenoxy) is 1. The molecule has 0 aliphatic rings. The van der Waals surface area contributed by atoms with Gasteiger partial charge in [0.05, 0.1) is 16.2 Å². The van der Waals surface area contributed by atoms with Crippen LogP contribution in [0.15, 0.2) is 71.5 Å². The average Bonchev–Trinajstić information content (AvgIpc) is 3.25. The molecule has 0 bridgehead atoms. The molecule has 1 heterocycles. The van der Waals surface area contributed by atoms with Gasteiger partial charge in [-0.25, -0.2) is 23.3 Å². The number of carbonyl (C=O) groups excluding carboxylic acids is 2. The van der Waals surface area contributed by atoms with Crippen LogP contribution in [-0.4, -0.2) is 38.4 Å². The highest BCUT2D eigenvalue weighted by Gasteiger charge is 2.21. The van der Waals surface area contributed by atoms with Crippen molar-refractivity contribution in [1.29, 1.82) is 0 Å². The molecule has 0 spiro atoms. The number of sulfonamides is 1. The Morgan fingerprint density at radius 2 is 1.94 bits per heavy atom. The van der Waals surface area contributed by atoms with Crippen LogP contribution in [0.25, 0.3) is 11.3 Å². The van der Waals surface area contributed by atoms with E-state index in [4.69, 9.17) is 9.88 Å². The fraction of sp³-hybridized carbons (Fsp3) is 0.136. The van der Waals surface area contributed by atoms with Crippen LogP contribution in [-0.2, 0) is 19.6 Å². The Kier molecular flexibility index (Phi) is 7.18. The van der Waals surface area contributed by atoms with E-state index < -0.39 is 28.5 Å². The van der Waals surface area contributed by atoms with E-state index in [0.717, 1.165) is 17.3 Å². The zero-order chi connectivity index (χ0) is 23.3. The highest BCUT2D eigenvalue weighted by molar-refractivity contribution is 7.89. The number of benzene rings is 2. The zero-order valence-electron chi connectivity index (χ0n) is 17.2. The van der Waals surface area contributed by atoms with Gasteiger partial charge < -0.3 is 4.74 Å². The van der Waals surface area contributed by atoms with Crippen molar-refractivity contribution in [3.05, 3.63) is 77.7 Å². The van der Waals surface area contributed by atoms with E-state index >= 15 is 0 Å². The van der Waals surface area contributed by atoms with E-state index in [9.17, 15) is 18.0 Å². The van der Waals surface area contributed by atoms with Crippen LogP contribution in [0.5, 0.6) is 0 Å². The van der Waals surface area contributed by atoms with Gasteiger partial charge in [0.2, 0.25) is 10.0 Å². The molecule has 8 nitrogen and oxygen atoms in total. The lowest BCUT2D eigenvalue weighted by Crippen LogP contribution is -2.34. The van der Waals surface area contributed by atoms with E-state index in [-0.39, 0.29) is 17.0 Å². The molecule has 1 aromatic heterocycles. The lowest BCUT2D eigenvalue weighted by molar-refractivity contribution is -0.121. The number of aromatic nitrogens is 1. The average molecular weight is 472 g/mol. The number of primary sulfonamides is 1. The summed E-state index contributed by atoms with van der Waals surface area (Å²) in [6.07, 6.45) is 1.54. The van der Waals surface area contributed by atoms with Crippen LogP contribution in [0.1, 0.15) is 15.9 Å². The van der Waals surface area contributed by atoms with Crippen molar-refractivity contribution in [3.8, 4) is 11.3 Å². The fourth-order valence-electron chi connectivity index (χ4n) is 2.87. The smallest absolute Gasteiger partial charge is 0.338 e. The van der Waals surface area contributed by atoms with Crippen LogP contribution in [0, 0.1) is 6.92 Å². The largest absolute Gasteiger partial charge is 0.452 e. The van der Waals surface area contributed by atoms with E-state index in [0.29, 0.717) is 10.7 Å². The summed E-state index contributed by atoms with van der Waals surface area (Å²) in [5.41, 5.74) is 2.01. The third-order valence-electron chi connectivity index (χ3n) is 4.46. The quantitative estimate of drug-likeness (QED) is 0.398. The molecule has 0 radical (unpaired) electrons. The Balaban J connectivity index is 1.73. The van der Waals surface area contributed by atoms with Gasteiger partial charge in [0.15, 0.2) is 11.7 Å². The molecule has 3 aromatic rings. The highest BCUT2D eigenvalue weighted by atomic mass is 32.2. The number of hydrogen-bond donors (Lipinski definition) is 1. The standard InChI is InChI=1S/C22H21N3O5S2/c1-3-11-25(22-24-18(14-31-22)16-7-5-4-6-8-16)20(26)13-30-21(27)17-10-9-15(2)19(12-17)32(23,28)29/h3-10,12,14H,1,11,13H2,2H3,(H2,23,28,29). The molecule has 0 saturated heterocycles. The Morgan fingerprint density at radius 1 is 1.22 bits per heavy atom. The summed E-state index contributed by atoms with van der Waals surface area (Å²) < 4.78 is 28.4. The second-order valence-corrected chi connectivity index (χ2v) is 9.14. The number of anilines is 1. The van der Waals surface area contributed by atoms with Gasteiger partial charge in [0.25, 0.3) is 5.91 Å². The molecule has 0 aliphatic carbocycles. The first-order valence-electron chi connectivity index (χ1n) is 9.43. The Bertz CT molecular complexity index is 1250. The van der Waals surface area contributed by atoms with Crippen molar-refractivity contribution < 1.29 is 22.7 Å². The topological polar surface area (TPSA) is 120 Å². The summed E-state index contributed by atoms with van der Waals surface area (Å²) in [5, 5.41) is 7.45. The lowest BCUT2D eigenvalue weighted by Gasteiger charge is -2.18. The SMILES string of the molecule is C=CCN(C(=O)COC(=O)c1ccc(C)c(S(N)(=O)=O)c1)c1nc(-c2ccccc2)cs1. The van der Waals surface area contributed by atoms with Crippen molar-refractivity contribution in [3.63, 3.8) is 0 Å². The Morgan fingerprint density at radius 3 is 2.59 bits per heavy atom. The number of nitrogens with zero attached hydrogens (tertiary/aromatic N) is 2. The minimum atomic E-state index is -4.00. The number of carbonyl (C=O) groups is 2. The second kappa shape index (κ2) is 9.86. The number of rotatable bonds is 8. The van der Waals surface area contributed by atoms with Crippen molar-refractivity contribution in [1.82, 2.24) is 4.98 Å². The van der Waals surface area contributed by atoms with E-state index in [1.165, 1.54) is 28.4 Å². The number of esters is 1. The first-order valence-corrected chi connectivity index (χ1v) is 11.9. The molecule has 2 N–H and O–H groups in total. The summed E-state index contributed by atoms with van der Waals surface area (Å²) in [6.45, 7) is 4.85. The number of aryl methyl sites for hydroxylation is 1. The lowest BCUT2D eigenvalue weighted by atomic mass is 10.1. The van der Waals surface area contributed by atoms with Crippen molar-refractivity contribution >= 4 is 38.4 Å². The molecule has 10 heteroatoms. The molecule has 0 fully saturated rings. The fourth-order valence-corrected chi connectivity index (χ4v) is 4.54. The van der Waals surface area contributed by atoms with Crippen LogP contribution < -0.4 is 10.0 Å². The minimum absolute atomic E-state index is 0.0247. The monoisotopic (exact) mass is 471 g/mol. The molecule has 0 aliphatic heterocycles. The highest BCUT2D eigenvalue weighted by Crippen LogP contribution is 2.27. The Labute approximate surface area is 190 Å². The summed E-state index contributed by atoms with van der Waals surface area (Å²) in [7, 11) is -4.00.